The third-order valence-electron chi connectivity index (χ3n) is 4.46. The molecule has 22 heavy (non-hydrogen) atoms. The molecule has 1 heterocycles. The molecule has 1 aliphatic carbocycles. The molecule has 2 aromatic rings. The number of hydrogen-bond donors (Lipinski definition) is 1. The summed E-state index contributed by atoms with van der Waals surface area (Å²) in [6, 6.07) is 8.07. The number of rotatable bonds is 4. The fraction of sp³-hybridized carbons (Fsp3) is 0.375. The number of hydrogen-bond acceptors (Lipinski definition) is 3. The summed E-state index contributed by atoms with van der Waals surface area (Å²) >= 11 is 9.33. The second-order valence-electron chi connectivity index (χ2n) is 5.80. The van der Waals surface area contributed by atoms with Crippen molar-refractivity contribution in [3.63, 3.8) is 0 Å². The Morgan fingerprint density at radius 3 is 2.64 bits per heavy atom. The second-order valence-corrected chi connectivity index (χ2v) is 7.02. The third kappa shape index (κ3) is 2.79. The van der Waals surface area contributed by atoms with Crippen molar-refractivity contribution in [1.29, 1.82) is 0 Å². The molecule has 0 radical (unpaired) electrons. The van der Waals surface area contributed by atoms with Crippen LogP contribution in [0.1, 0.15) is 24.8 Å². The van der Waals surface area contributed by atoms with Crippen molar-refractivity contribution in [3.8, 4) is 0 Å². The first-order valence-corrected chi connectivity index (χ1v) is 8.41. The summed E-state index contributed by atoms with van der Waals surface area (Å²) in [5.41, 5.74) is 2.01. The van der Waals surface area contributed by atoms with Gasteiger partial charge in [0.25, 0.3) is 5.56 Å². The minimum atomic E-state index is -0.140. The van der Waals surface area contributed by atoms with E-state index in [4.69, 9.17) is 11.6 Å². The lowest BCUT2D eigenvalue weighted by atomic mass is 9.64. The van der Waals surface area contributed by atoms with E-state index in [2.05, 4.69) is 38.5 Å². The zero-order valence-corrected chi connectivity index (χ0v) is 14.6. The van der Waals surface area contributed by atoms with Gasteiger partial charge < -0.3 is 5.32 Å². The molecule has 0 spiro atoms. The van der Waals surface area contributed by atoms with Crippen molar-refractivity contribution < 1.29 is 0 Å². The van der Waals surface area contributed by atoms with E-state index in [1.165, 1.54) is 16.7 Å². The van der Waals surface area contributed by atoms with Gasteiger partial charge in [0.2, 0.25) is 0 Å². The van der Waals surface area contributed by atoms with Crippen molar-refractivity contribution in [2.75, 3.05) is 11.9 Å². The summed E-state index contributed by atoms with van der Waals surface area (Å²) in [7, 11) is 1.64. The summed E-state index contributed by atoms with van der Waals surface area (Å²) in [6.45, 7) is 0.780. The molecular formula is C16H17BrClN3O. The van der Waals surface area contributed by atoms with E-state index in [1.807, 2.05) is 12.1 Å². The molecule has 0 saturated heterocycles. The van der Waals surface area contributed by atoms with Crippen LogP contribution < -0.4 is 10.9 Å². The van der Waals surface area contributed by atoms with Crippen LogP contribution in [0.3, 0.4) is 0 Å². The van der Waals surface area contributed by atoms with Gasteiger partial charge in [-0.05, 0) is 46.5 Å². The molecule has 1 saturated carbocycles. The van der Waals surface area contributed by atoms with Gasteiger partial charge in [-0.3, -0.25) is 4.79 Å². The Balaban J connectivity index is 1.81. The van der Waals surface area contributed by atoms with Crippen molar-refractivity contribution in [3.05, 3.63) is 55.9 Å². The van der Waals surface area contributed by atoms with Crippen LogP contribution >= 0.6 is 27.5 Å². The molecule has 1 aromatic carbocycles. The smallest absolute Gasteiger partial charge is 0.282 e. The minimum absolute atomic E-state index is 0.116. The Labute approximate surface area is 142 Å². The van der Waals surface area contributed by atoms with E-state index in [9.17, 15) is 4.79 Å². The van der Waals surface area contributed by atoms with Gasteiger partial charge in [-0.1, -0.05) is 30.2 Å². The van der Waals surface area contributed by atoms with Crippen molar-refractivity contribution in [2.45, 2.75) is 24.7 Å². The number of aryl methyl sites for hydroxylation is 1. The second kappa shape index (κ2) is 6.05. The number of halogens is 2. The molecule has 6 heteroatoms. The topological polar surface area (TPSA) is 46.9 Å². The lowest BCUT2D eigenvalue weighted by Crippen LogP contribution is -2.41. The predicted molar refractivity (Wildman–Crippen MR) is 92.6 cm³/mol. The molecular weight excluding hydrogens is 366 g/mol. The molecule has 0 atom stereocenters. The van der Waals surface area contributed by atoms with Crippen LogP contribution in [-0.4, -0.2) is 16.3 Å². The van der Waals surface area contributed by atoms with Gasteiger partial charge in [0.15, 0.2) is 0 Å². The molecule has 4 nitrogen and oxygen atoms in total. The van der Waals surface area contributed by atoms with Gasteiger partial charge in [0.05, 0.1) is 11.9 Å². The SMILES string of the molecule is Cn1ncc(NCC2(c3ccc(Cl)cc3)CCC2)c(Br)c1=O. The van der Waals surface area contributed by atoms with Gasteiger partial charge in [0.1, 0.15) is 4.47 Å². The van der Waals surface area contributed by atoms with Crippen LogP contribution in [0.15, 0.2) is 39.7 Å². The maximum absolute atomic E-state index is 11.9. The largest absolute Gasteiger partial charge is 0.382 e. The van der Waals surface area contributed by atoms with Crippen LogP contribution in [-0.2, 0) is 12.5 Å². The molecule has 116 valence electrons. The summed E-state index contributed by atoms with van der Waals surface area (Å²) in [6.07, 6.45) is 5.18. The number of anilines is 1. The maximum Gasteiger partial charge on any atom is 0.282 e. The number of aromatic nitrogens is 2. The number of nitrogens with zero attached hydrogens (tertiary/aromatic N) is 2. The highest BCUT2D eigenvalue weighted by molar-refractivity contribution is 9.10. The summed E-state index contributed by atoms with van der Waals surface area (Å²) < 4.78 is 1.84. The van der Waals surface area contributed by atoms with Crippen LogP contribution in [0.4, 0.5) is 5.69 Å². The van der Waals surface area contributed by atoms with E-state index in [-0.39, 0.29) is 11.0 Å². The van der Waals surface area contributed by atoms with Gasteiger partial charge in [0, 0.05) is 24.0 Å². The fourth-order valence-corrected chi connectivity index (χ4v) is 3.50. The van der Waals surface area contributed by atoms with E-state index in [0.717, 1.165) is 30.1 Å². The number of benzene rings is 1. The standard InChI is InChI=1S/C16H17BrClN3O/c1-21-15(22)14(17)13(9-20-21)19-10-16(7-2-8-16)11-3-5-12(18)6-4-11/h3-6,9,19H,2,7-8,10H2,1H3. The first-order chi connectivity index (χ1) is 10.5. The third-order valence-corrected chi connectivity index (χ3v) is 5.48. The van der Waals surface area contributed by atoms with Gasteiger partial charge in [-0.15, -0.1) is 0 Å². The van der Waals surface area contributed by atoms with Crippen LogP contribution in [0.25, 0.3) is 0 Å². The molecule has 1 aliphatic rings. The van der Waals surface area contributed by atoms with E-state index in [0.29, 0.717) is 4.47 Å². The monoisotopic (exact) mass is 381 g/mol. The van der Waals surface area contributed by atoms with E-state index in [1.54, 1.807) is 13.2 Å². The van der Waals surface area contributed by atoms with Crippen LogP contribution in [0.2, 0.25) is 5.02 Å². The minimum Gasteiger partial charge on any atom is -0.382 e. The average molecular weight is 383 g/mol. The lowest BCUT2D eigenvalue weighted by molar-refractivity contribution is 0.260. The van der Waals surface area contributed by atoms with Crippen molar-refractivity contribution >= 4 is 33.2 Å². The van der Waals surface area contributed by atoms with Gasteiger partial charge >= 0.3 is 0 Å². The first kappa shape index (κ1) is 15.6. The highest BCUT2D eigenvalue weighted by Crippen LogP contribution is 2.44. The van der Waals surface area contributed by atoms with Crippen molar-refractivity contribution in [1.82, 2.24) is 9.78 Å². The maximum atomic E-state index is 11.9. The normalized spacial score (nSPS) is 16.1. The molecule has 0 unspecified atom stereocenters. The molecule has 1 N–H and O–H groups in total. The summed E-state index contributed by atoms with van der Waals surface area (Å²) in [4.78, 5) is 11.9. The Morgan fingerprint density at radius 1 is 1.36 bits per heavy atom. The Kier molecular flexibility index (Phi) is 4.28. The van der Waals surface area contributed by atoms with Gasteiger partial charge in [-0.2, -0.15) is 5.10 Å². The van der Waals surface area contributed by atoms with E-state index < -0.39 is 0 Å². The number of nitrogens with one attached hydrogen (secondary N) is 1. The highest BCUT2D eigenvalue weighted by atomic mass is 79.9. The Bertz CT molecular complexity index is 738. The molecule has 0 aliphatic heterocycles. The van der Waals surface area contributed by atoms with E-state index >= 15 is 0 Å². The highest BCUT2D eigenvalue weighted by Gasteiger charge is 2.38. The molecule has 1 aromatic heterocycles. The fourth-order valence-electron chi connectivity index (χ4n) is 2.87. The van der Waals surface area contributed by atoms with Crippen molar-refractivity contribution in [2.24, 2.45) is 7.05 Å². The van der Waals surface area contributed by atoms with Gasteiger partial charge in [-0.25, -0.2) is 4.68 Å². The predicted octanol–water partition coefficient (Wildman–Crippen LogP) is 3.73. The Hall–Kier alpha value is -1.33. The molecule has 0 bridgehead atoms. The first-order valence-electron chi connectivity index (χ1n) is 7.24. The average Bonchev–Trinajstić information content (AvgIpc) is 2.47. The zero-order chi connectivity index (χ0) is 15.7. The molecule has 0 amide bonds. The van der Waals surface area contributed by atoms with Crippen LogP contribution in [0, 0.1) is 0 Å². The summed E-state index contributed by atoms with van der Waals surface area (Å²) in [5, 5.41) is 8.20. The molecule has 1 fully saturated rings. The molecule has 3 rings (SSSR count). The zero-order valence-electron chi connectivity index (χ0n) is 12.3. The quantitative estimate of drug-likeness (QED) is 0.876. The Morgan fingerprint density at radius 2 is 2.05 bits per heavy atom. The lowest BCUT2D eigenvalue weighted by Gasteiger charge is -2.43. The van der Waals surface area contributed by atoms with Crippen LogP contribution in [0.5, 0.6) is 0 Å². The summed E-state index contributed by atoms with van der Waals surface area (Å²) in [5.74, 6) is 0.